The van der Waals surface area contributed by atoms with Crippen molar-refractivity contribution >= 4 is 34.4 Å². The van der Waals surface area contributed by atoms with E-state index in [4.69, 9.17) is 32.5 Å². The number of nitrogens with zero attached hydrogens (tertiary/aromatic N) is 6. The second kappa shape index (κ2) is 10.2. The SMILES string of the molecule is [C-]#[N+]/C(C#N)=C\c1cnc(-c2ccc(-c3cc4ccc(-c5ccc(/C=C(\C#N)[N+]#[C-])o5)cc4n3CC)o2)s1. The van der Waals surface area contributed by atoms with E-state index in [0.29, 0.717) is 39.5 Å². The summed E-state index contributed by atoms with van der Waals surface area (Å²) in [4.78, 5) is 11.4. The van der Waals surface area contributed by atoms with Gasteiger partial charge in [-0.05, 0) is 55.5 Å². The van der Waals surface area contributed by atoms with Crippen LogP contribution in [-0.2, 0) is 6.54 Å². The van der Waals surface area contributed by atoms with Gasteiger partial charge < -0.3 is 13.4 Å². The molecule has 0 saturated heterocycles. The van der Waals surface area contributed by atoms with E-state index >= 15 is 0 Å². The highest BCUT2D eigenvalue weighted by molar-refractivity contribution is 7.15. The van der Waals surface area contributed by atoms with Crippen LogP contribution in [0.25, 0.3) is 66.3 Å². The number of hydrogen-bond acceptors (Lipinski definition) is 6. The maximum Gasteiger partial charge on any atom is 0.265 e. The third-order valence-electron chi connectivity index (χ3n) is 5.75. The maximum absolute atomic E-state index is 8.99. The molecule has 0 spiro atoms. The van der Waals surface area contributed by atoms with Crippen molar-refractivity contribution in [2.24, 2.45) is 0 Å². The van der Waals surface area contributed by atoms with Crippen LogP contribution in [0.5, 0.6) is 0 Å². The second-order valence-electron chi connectivity index (χ2n) is 7.99. The lowest BCUT2D eigenvalue weighted by atomic mass is 10.1. The van der Waals surface area contributed by atoms with Gasteiger partial charge in [0, 0.05) is 34.1 Å². The van der Waals surface area contributed by atoms with Crippen LogP contribution in [0.3, 0.4) is 0 Å². The Morgan fingerprint density at radius 1 is 0.974 bits per heavy atom. The largest absolute Gasteiger partial charge is 0.458 e. The number of nitriles is 2. The minimum Gasteiger partial charge on any atom is -0.458 e. The lowest BCUT2D eigenvalue weighted by molar-refractivity contribution is 0.571. The molecule has 0 bridgehead atoms. The number of rotatable bonds is 6. The number of hydrogen-bond donors (Lipinski definition) is 0. The third-order valence-corrected chi connectivity index (χ3v) is 6.71. The van der Waals surface area contributed by atoms with Gasteiger partial charge in [0.15, 0.2) is 16.5 Å². The van der Waals surface area contributed by atoms with Crippen LogP contribution in [0.2, 0.25) is 0 Å². The van der Waals surface area contributed by atoms with Gasteiger partial charge in [0.1, 0.15) is 11.5 Å². The highest BCUT2D eigenvalue weighted by Crippen LogP contribution is 2.36. The highest BCUT2D eigenvalue weighted by atomic mass is 32.1. The van der Waals surface area contributed by atoms with Crippen LogP contribution < -0.4 is 0 Å². The van der Waals surface area contributed by atoms with E-state index in [2.05, 4.69) is 32.2 Å². The van der Waals surface area contributed by atoms with Crippen molar-refractivity contribution in [3.8, 4) is 45.7 Å². The standard InChI is InChI=1S/C29H16N6O2S/c1-4-35-24-12-19(26-8-7-22(36-26)13-20(15-30)32-2)6-5-18(24)11-25(35)27-9-10-28(37-27)29-34-17-23(38-29)14-21(16-31)33-3/h5-14,17H,4H2,1H3/b20-13+,21-14-. The first-order chi connectivity index (χ1) is 18.6. The minimum atomic E-state index is -0.0376. The van der Waals surface area contributed by atoms with Gasteiger partial charge in [0.05, 0.1) is 31.0 Å². The summed E-state index contributed by atoms with van der Waals surface area (Å²) in [5, 5.41) is 19.7. The molecule has 38 heavy (non-hydrogen) atoms. The number of fused-ring (bicyclic) bond motifs is 1. The molecule has 4 heterocycles. The van der Waals surface area contributed by atoms with E-state index in [0.717, 1.165) is 22.2 Å². The molecule has 1 aromatic carbocycles. The summed E-state index contributed by atoms with van der Waals surface area (Å²) in [6.07, 6.45) is 4.55. The lowest BCUT2D eigenvalue weighted by Crippen LogP contribution is -1.95. The molecule has 0 atom stereocenters. The molecule has 5 aromatic rings. The zero-order valence-corrected chi connectivity index (χ0v) is 20.8. The minimum absolute atomic E-state index is 0.00435. The van der Waals surface area contributed by atoms with Gasteiger partial charge in [0.2, 0.25) is 0 Å². The molecule has 0 N–H and O–H groups in total. The Kier molecular flexibility index (Phi) is 6.45. The van der Waals surface area contributed by atoms with Crippen LogP contribution in [-0.4, -0.2) is 9.55 Å². The predicted octanol–water partition coefficient (Wildman–Crippen LogP) is 7.87. The summed E-state index contributed by atoms with van der Waals surface area (Å²) in [5.74, 6) is 2.38. The molecule has 4 aromatic heterocycles. The molecule has 0 aliphatic rings. The smallest absolute Gasteiger partial charge is 0.265 e. The van der Waals surface area contributed by atoms with Crippen molar-refractivity contribution in [1.29, 1.82) is 10.5 Å². The second-order valence-corrected chi connectivity index (χ2v) is 9.05. The topological polar surface area (TPSA) is 100 Å². The van der Waals surface area contributed by atoms with Gasteiger partial charge in [-0.3, -0.25) is 0 Å². The number of aromatic nitrogens is 2. The van der Waals surface area contributed by atoms with Gasteiger partial charge in [-0.2, -0.15) is 0 Å². The van der Waals surface area contributed by atoms with E-state index in [9.17, 15) is 0 Å². The van der Waals surface area contributed by atoms with Crippen molar-refractivity contribution in [3.63, 3.8) is 0 Å². The fourth-order valence-electron chi connectivity index (χ4n) is 4.04. The van der Waals surface area contributed by atoms with Crippen molar-refractivity contribution in [2.75, 3.05) is 0 Å². The van der Waals surface area contributed by atoms with Crippen molar-refractivity contribution in [3.05, 3.63) is 99.6 Å². The lowest BCUT2D eigenvalue weighted by Gasteiger charge is -2.07. The molecule has 0 amide bonds. The van der Waals surface area contributed by atoms with E-state index < -0.39 is 0 Å². The van der Waals surface area contributed by atoms with Gasteiger partial charge in [-0.25, -0.2) is 25.2 Å². The van der Waals surface area contributed by atoms with Crippen molar-refractivity contribution in [2.45, 2.75) is 13.5 Å². The van der Waals surface area contributed by atoms with Crippen LogP contribution in [0.4, 0.5) is 0 Å². The molecule has 5 rings (SSSR count). The average Bonchev–Trinajstić information content (AvgIpc) is 3.75. The zero-order valence-electron chi connectivity index (χ0n) is 20.0. The van der Waals surface area contributed by atoms with Crippen LogP contribution >= 0.6 is 11.3 Å². The molecular weight excluding hydrogens is 496 g/mol. The van der Waals surface area contributed by atoms with Gasteiger partial charge in [-0.15, -0.1) is 11.3 Å². The monoisotopic (exact) mass is 512 g/mol. The Morgan fingerprint density at radius 2 is 1.71 bits per heavy atom. The molecule has 0 saturated carbocycles. The molecule has 0 aliphatic carbocycles. The van der Waals surface area contributed by atoms with Crippen molar-refractivity contribution in [1.82, 2.24) is 9.55 Å². The van der Waals surface area contributed by atoms with Crippen molar-refractivity contribution < 1.29 is 8.83 Å². The number of furan rings is 2. The molecule has 0 unspecified atom stereocenters. The summed E-state index contributed by atoms with van der Waals surface area (Å²) in [6, 6.07) is 19.1. The Morgan fingerprint density at radius 3 is 2.45 bits per heavy atom. The molecular formula is C29H16N6O2S. The third kappa shape index (κ3) is 4.50. The Hall–Kier alpha value is -5.61. The first-order valence-electron chi connectivity index (χ1n) is 11.3. The maximum atomic E-state index is 8.99. The molecule has 180 valence electrons. The highest BCUT2D eigenvalue weighted by Gasteiger charge is 2.17. The van der Waals surface area contributed by atoms with E-state index in [1.165, 1.54) is 23.5 Å². The quantitative estimate of drug-likeness (QED) is 0.170. The van der Waals surface area contributed by atoms with Gasteiger partial charge in [0.25, 0.3) is 11.4 Å². The van der Waals surface area contributed by atoms with Crippen LogP contribution in [0.1, 0.15) is 17.6 Å². The fraction of sp³-hybridized carbons (Fsp3) is 0.0690. The van der Waals surface area contributed by atoms with E-state index in [1.807, 2.05) is 48.5 Å². The Labute approximate surface area is 221 Å². The summed E-state index contributed by atoms with van der Waals surface area (Å²) < 4.78 is 14.2. The fourth-order valence-corrected chi connectivity index (χ4v) is 4.86. The number of aryl methyl sites for hydroxylation is 1. The van der Waals surface area contributed by atoms with E-state index in [-0.39, 0.29) is 11.4 Å². The van der Waals surface area contributed by atoms with Gasteiger partial charge in [-0.1, -0.05) is 12.1 Å². The van der Waals surface area contributed by atoms with Crippen LogP contribution in [0, 0.1) is 35.8 Å². The summed E-state index contributed by atoms with van der Waals surface area (Å²) in [5.41, 5.74) is 2.77. The van der Waals surface area contributed by atoms with Crippen LogP contribution in [0.15, 0.2) is 75.0 Å². The summed E-state index contributed by atoms with van der Waals surface area (Å²) in [7, 11) is 0. The normalized spacial score (nSPS) is 11.6. The number of allylic oxidation sites excluding steroid dienone is 2. The number of benzene rings is 1. The predicted molar refractivity (Wildman–Crippen MR) is 145 cm³/mol. The zero-order chi connectivity index (χ0) is 26.6. The summed E-state index contributed by atoms with van der Waals surface area (Å²) >= 11 is 1.35. The first kappa shape index (κ1) is 24.1. The molecule has 0 radical (unpaired) electrons. The molecule has 9 heteroatoms. The summed E-state index contributed by atoms with van der Waals surface area (Å²) in [6.45, 7) is 16.8. The Balaban J connectivity index is 1.48. The van der Waals surface area contributed by atoms with Gasteiger partial charge >= 0.3 is 0 Å². The number of thiazole rings is 1. The van der Waals surface area contributed by atoms with E-state index in [1.54, 1.807) is 12.3 Å². The first-order valence-corrected chi connectivity index (χ1v) is 12.2. The average molecular weight is 513 g/mol. The molecule has 8 nitrogen and oxygen atoms in total. The molecule has 0 fully saturated rings. The Bertz CT molecular complexity index is 1890. The molecule has 0 aliphatic heterocycles.